The topological polar surface area (TPSA) is 61.6 Å². The van der Waals surface area contributed by atoms with Gasteiger partial charge in [-0.2, -0.15) is 5.26 Å². The molecule has 1 heterocycles. The van der Waals surface area contributed by atoms with Gasteiger partial charge in [-0.3, -0.25) is 0 Å². The predicted molar refractivity (Wildman–Crippen MR) is 90.0 cm³/mol. The molecule has 3 rings (SSSR count). The van der Waals surface area contributed by atoms with Gasteiger partial charge in [0.05, 0.1) is 18.4 Å². The van der Waals surface area contributed by atoms with Gasteiger partial charge in [0.25, 0.3) is 0 Å². The minimum Gasteiger partial charge on any atom is -0.358 e. The average molecular weight is 357 g/mol. The molecule has 0 saturated heterocycles. The first-order chi connectivity index (χ1) is 12.1. The third-order valence-electron chi connectivity index (χ3n) is 3.54. The smallest absolute Gasteiger partial charge is 0.158 e. The fourth-order valence-electron chi connectivity index (χ4n) is 2.38. The van der Waals surface area contributed by atoms with Crippen LogP contribution in [0.5, 0.6) is 0 Å². The zero-order valence-electron chi connectivity index (χ0n) is 12.7. The van der Waals surface area contributed by atoms with E-state index in [4.69, 9.17) is 16.9 Å². The van der Waals surface area contributed by atoms with E-state index in [0.29, 0.717) is 16.4 Å². The molecule has 0 aliphatic rings. The Bertz CT molecular complexity index is 939. The number of hydrogen-bond donors (Lipinski definition) is 1. The van der Waals surface area contributed by atoms with Gasteiger partial charge in [-0.15, -0.1) is 0 Å². The van der Waals surface area contributed by atoms with Crippen LogP contribution in [-0.4, -0.2) is 9.97 Å². The summed E-state index contributed by atoms with van der Waals surface area (Å²) in [6, 6.07) is 11.1. The van der Waals surface area contributed by atoms with Gasteiger partial charge in [-0.1, -0.05) is 29.8 Å². The molecule has 7 heteroatoms. The van der Waals surface area contributed by atoms with Crippen LogP contribution >= 0.6 is 11.6 Å². The Labute approximate surface area is 147 Å². The van der Waals surface area contributed by atoms with Gasteiger partial charge >= 0.3 is 0 Å². The molecular weight excluding hydrogens is 346 g/mol. The van der Waals surface area contributed by atoms with Crippen molar-refractivity contribution >= 4 is 17.4 Å². The van der Waals surface area contributed by atoms with E-state index in [1.54, 1.807) is 24.3 Å². The summed E-state index contributed by atoms with van der Waals surface area (Å²) in [5, 5.41) is 12.2. The SMILES string of the molecule is N#Cc1cnc(NC(c2cc(F)ccc2F)c2ccccc2Cl)cn1. The molecule has 0 bridgehead atoms. The molecular formula is C18H11ClF2N4. The van der Waals surface area contributed by atoms with Crippen molar-refractivity contribution in [2.45, 2.75) is 6.04 Å². The van der Waals surface area contributed by atoms with Crippen LogP contribution in [0.25, 0.3) is 0 Å². The highest BCUT2D eigenvalue weighted by Crippen LogP contribution is 2.32. The van der Waals surface area contributed by atoms with Crippen LogP contribution in [0.1, 0.15) is 22.9 Å². The lowest BCUT2D eigenvalue weighted by atomic mass is 9.98. The number of benzene rings is 2. The van der Waals surface area contributed by atoms with Crippen LogP contribution in [0.2, 0.25) is 5.02 Å². The molecule has 0 saturated carbocycles. The number of anilines is 1. The summed E-state index contributed by atoms with van der Waals surface area (Å²) >= 11 is 6.24. The molecule has 25 heavy (non-hydrogen) atoms. The summed E-state index contributed by atoms with van der Waals surface area (Å²) in [6.45, 7) is 0. The van der Waals surface area contributed by atoms with Crippen LogP contribution in [0.4, 0.5) is 14.6 Å². The van der Waals surface area contributed by atoms with Crippen molar-refractivity contribution in [3.63, 3.8) is 0 Å². The van der Waals surface area contributed by atoms with E-state index in [1.807, 2.05) is 6.07 Å². The minimum absolute atomic E-state index is 0.0826. The Balaban J connectivity index is 2.07. The standard InChI is InChI=1S/C18H11ClF2N4/c19-15-4-2-1-3-13(15)18(14-7-11(20)5-6-16(14)21)25-17-10-23-12(8-22)9-24-17/h1-7,9-10,18H,(H,24,25). The zero-order chi connectivity index (χ0) is 17.8. The molecule has 0 spiro atoms. The molecule has 0 fully saturated rings. The molecule has 1 unspecified atom stereocenters. The van der Waals surface area contributed by atoms with Crippen LogP contribution in [-0.2, 0) is 0 Å². The zero-order valence-corrected chi connectivity index (χ0v) is 13.5. The van der Waals surface area contributed by atoms with Gasteiger partial charge in [-0.05, 0) is 29.8 Å². The maximum atomic E-state index is 14.3. The molecule has 4 nitrogen and oxygen atoms in total. The second-order valence-corrected chi connectivity index (χ2v) is 5.57. The fourth-order valence-corrected chi connectivity index (χ4v) is 2.62. The molecule has 1 atom stereocenters. The van der Waals surface area contributed by atoms with E-state index in [9.17, 15) is 8.78 Å². The first-order valence-corrected chi connectivity index (χ1v) is 7.64. The maximum Gasteiger partial charge on any atom is 0.158 e. The number of nitrogens with zero attached hydrogens (tertiary/aromatic N) is 3. The van der Waals surface area contributed by atoms with Crippen molar-refractivity contribution in [2.75, 3.05) is 5.32 Å². The summed E-state index contributed by atoms with van der Waals surface area (Å²) in [4.78, 5) is 7.98. The van der Waals surface area contributed by atoms with E-state index in [2.05, 4.69) is 15.3 Å². The lowest BCUT2D eigenvalue weighted by Crippen LogP contribution is -2.16. The van der Waals surface area contributed by atoms with E-state index in [0.717, 1.165) is 18.2 Å². The van der Waals surface area contributed by atoms with Gasteiger partial charge in [0, 0.05) is 10.6 Å². The summed E-state index contributed by atoms with van der Waals surface area (Å²) in [6.07, 6.45) is 2.63. The third kappa shape index (κ3) is 3.73. The quantitative estimate of drug-likeness (QED) is 0.748. The van der Waals surface area contributed by atoms with Crippen LogP contribution in [0.15, 0.2) is 54.9 Å². The lowest BCUT2D eigenvalue weighted by molar-refractivity contribution is 0.580. The van der Waals surface area contributed by atoms with E-state index < -0.39 is 17.7 Å². The van der Waals surface area contributed by atoms with Crippen LogP contribution in [0, 0.1) is 23.0 Å². The van der Waals surface area contributed by atoms with Gasteiger partial charge < -0.3 is 5.32 Å². The van der Waals surface area contributed by atoms with Gasteiger partial charge in [0.2, 0.25) is 0 Å². The van der Waals surface area contributed by atoms with Crippen molar-refractivity contribution in [2.24, 2.45) is 0 Å². The number of aromatic nitrogens is 2. The number of nitrogens with one attached hydrogen (secondary N) is 1. The molecule has 0 radical (unpaired) electrons. The molecule has 124 valence electrons. The Morgan fingerprint density at radius 2 is 1.84 bits per heavy atom. The number of rotatable bonds is 4. The van der Waals surface area contributed by atoms with Crippen molar-refractivity contribution in [1.82, 2.24) is 9.97 Å². The Kier molecular flexibility index (Phi) is 4.87. The second-order valence-electron chi connectivity index (χ2n) is 5.16. The number of hydrogen-bond acceptors (Lipinski definition) is 4. The Hall–Kier alpha value is -3.04. The molecule has 0 aliphatic heterocycles. The third-order valence-corrected chi connectivity index (χ3v) is 3.89. The van der Waals surface area contributed by atoms with Crippen LogP contribution in [0.3, 0.4) is 0 Å². The number of halogens is 3. The molecule has 3 aromatic rings. The largest absolute Gasteiger partial charge is 0.358 e. The van der Waals surface area contributed by atoms with Crippen molar-refractivity contribution in [3.8, 4) is 6.07 Å². The minimum atomic E-state index is -0.786. The highest BCUT2D eigenvalue weighted by Gasteiger charge is 2.21. The molecule has 1 aromatic heterocycles. The molecule has 0 aliphatic carbocycles. The van der Waals surface area contributed by atoms with E-state index in [-0.39, 0.29) is 11.3 Å². The van der Waals surface area contributed by atoms with Crippen molar-refractivity contribution < 1.29 is 8.78 Å². The summed E-state index contributed by atoms with van der Waals surface area (Å²) < 4.78 is 28.0. The first-order valence-electron chi connectivity index (χ1n) is 7.26. The van der Waals surface area contributed by atoms with Crippen molar-refractivity contribution in [3.05, 3.63) is 88.3 Å². The first kappa shape index (κ1) is 16.8. The molecule has 2 aromatic carbocycles. The second kappa shape index (κ2) is 7.24. The Morgan fingerprint density at radius 1 is 1.04 bits per heavy atom. The average Bonchev–Trinajstić information content (AvgIpc) is 2.63. The highest BCUT2D eigenvalue weighted by atomic mass is 35.5. The maximum absolute atomic E-state index is 14.3. The Morgan fingerprint density at radius 3 is 2.52 bits per heavy atom. The highest BCUT2D eigenvalue weighted by molar-refractivity contribution is 6.31. The summed E-state index contributed by atoms with van der Waals surface area (Å²) in [5.41, 5.74) is 0.788. The van der Waals surface area contributed by atoms with Crippen LogP contribution < -0.4 is 5.32 Å². The fraction of sp³-hybridized carbons (Fsp3) is 0.0556. The predicted octanol–water partition coefficient (Wildman–Crippen LogP) is 4.48. The monoisotopic (exact) mass is 356 g/mol. The molecule has 1 N–H and O–H groups in total. The summed E-state index contributed by atoms with van der Waals surface area (Å²) in [7, 11) is 0. The van der Waals surface area contributed by atoms with E-state index in [1.165, 1.54) is 12.4 Å². The molecule has 0 amide bonds. The van der Waals surface area contributed by atoms with E-state index >= 15 is 0 Å². The van der Waals surface area contributed by atoms with Crippen molar-refractivity contribution in [1.29, 1.82) is 5.26 Å². The van der Waals surface area contributed by atoms with Gasteiger partial charge in [0.15, 0.2) is 5.69 Å². The summed E-state index contributed by atoms with van der Waals surface area (Å²) in [5.74, 6) is -0.853. The normalized spacial score (nSPS) is 11.6. The van der Waals surface area contributed by atoms with Gasteiger partial charge in [-0.25, -0.2) is 18.7 Å². The lowest BCUT2D eigenvalue weighted by Gasteiger charge is -2.22. The van der Waals surface area contributed by atoms with Gasteiger partial charge in [0.1, 0.15) is 23.5 Å². The number of nitriles is 1.